The minimum atomic E-state index is 0. The van der Waals surface area contributed by atoms with E-state index >= 15 is 0 Å². The number of benzene rings is 2. The monoisotopic (exact) mass is 451 g/mol. The second-order valence-electron chi connectivity index (χ2n) is 6.75. The van der Waals surface area contributed by atoms with Crippen LogP contribution < -0.4 is 12.4 Å². The number of hydrogen-bond acceptors (Lipinski definition) is 0. The molecule has 28 heavy (non-hydrogen) atoms. The van der Waals surface area contributed by atoms with E-state index in [4.69, 9.17) is 0 Å². The van der Waals surface area contributed by atoms with E-state index in [0.717, 1.165) is 0 Å². The Morgan fingerprint density at radius 2 is 1.25 bits per heavy atom. The van der Waals surface area contributed by atoms with Gasteiger partial charge in [-0.15, -0.1) is 0 Å². The molecule has 140 valence electrons. The molecule has 0 aromatic heterocycles. The standard InChI is InChI=1S/C25H22NSe.ClH/c1-26(2)23-15-13-21(14-16-23)25-18-22(19-9-5-3-6-10-19)17-24(27-25)20-11-7-4-8-12-20;/h3-18H,1-2H3;1H/q+1;/p-1. The molecule has 0 spiro atoms. The first kappa shape index (κ1) is 20.4. The molecule has 0 N–H and O–H groups in total. The zero-order valence-corrected chi connectivity index (χ0v) is 18.4. The first-order valence-electron chi connectivity index (χ1n) is 9.07. The van der Waals surface area contributed by atoms with Gasteiger partial charge in [0.25, 0.3) is 0 Å². The average Bonchev–Trinajstić information content (AvgIpc) is 2.75. The zero-order valence-electron chi connectivity index (χ0n) is 16.0. The first-order chi connectivity index (χ1) is 13.2. The third kappa shape index (κ3) is 4.54. The van der Waals surface area contributed by atoms with Crippen molar-refractivity contribution in [3.63, 3.8) is 0 Å². The molecule has 0 fully saturated rings. The van der Waals surface area contributed by atoms with Crippen molar-refractivity contribution in [3.05, 3.63) is 118 Å². The van der Waals surface area contributed by atoms with Crippen molar-refractivity contribution in [3.8, 4) is 0 Å². The van der Waals surface area contributed by atoms with Crippen LogP contribution in [0, 0.1) is 0 Å². The fourth-order valence-corrected chi connectivity index (χ4v) is 5.45. The van der Waals surface area contributed by atoms with Gasteiger partial charge < -0.3 is 12.4 Å². The second kappa shape index (κ2) is 9.21. The molecule has 2 aromatic carbocycles. The van der Waals surface area contributed by atoms with Crippen LogP contribution in [0.2, 0.25) is 0 Å². The van der Waals surface area contributed by atoms with Crippen molar-refractivity contribution in [2.75, 3.05) is 14.1 Å². The predicted molar refractivity (Wildman–Crippen MR) is 117 cm³/mol. The van der Waals surface area contributed by atoms with Gasteiger partial charge in [-0.25, -0.2) is 0 Å². The smallest absolute Gasteiger partial charge is 1.00 e. The quantitative estimate of drug-likeness (QED) is 0.486. The Balaban J connectivity index is 0.00000225. The van der Waals surface area contributed by atoms with Crippen LogP contribution in [0.15, 0.2) is 107 Å². The molecule has 0 saturated carbocycles. The van der Waals surface area contributed by atoms with E-state index in [1.54, 1.807) is 0 Å². The van der Waals surface area contributed by atoms with E-state index in [0.29, 0.717) is 0 Å². The van der Waals surface area contributed by atoms with Gasteiger partial charge in [0.1, 0.15) is 0 Å². The van der Waals surface area contributed by atoms with Gasteiger partial charge in [0.15, 0.2) is 0 Å². The molecule has 1 nitrogen and oxygen atoms in total. The number of halogens is 1. The van der Waals surface area contributed by atoms with E-state index in [1.165, 1.54) is 36.9 Å². The summed E-state index contributed by atoms with van der Waals surface area (Å²) in [6.45, 7) is 0. The zero-order chi connectivity index (χ0) is 18.6. The summed E-state index contributed by atoms with van der Waals surface area (Å²) in [5, 5.41) is 0. The Morgan fingerprint density at radius 3 is 1.82 bits per heavy atom. The summed E-state index contributed by atoms with van der Waals surface area (Å²) in [6.07, 6.45) is 13.6. The van der Waals surface area contributed by atoms with Crippen molar-refractivity contribution >= 4 is 30.7 Å². The summed E-state index contributed by atoms with van der Waals surface area (Å²) in [4.78, 5) is 0. The van der Waals surface area contributed by atoms with Gasteiger partial charge in [-0.3, -0.25) is 0 Å². The maximum absolute atomic E-state index is 2.37. The summed E-state index contributed by atoms with van der Waals surface area (Å²) >= 11 is 0.277. The van der Waals surface area contributed by atoms with Gasteiger partial charge in [0.05, 0.1) is 0 Å². The van der Waals surface area contributed by atoms with Crippen molar-refractivity contribution in [1.29, 1.82) is 0 Å². The van der Waals surface area contributed by atoms with E-state index in [-0.39, 0.29) is 27.4 Å². The molecule has 0 bridgehead atoms. The second-order valence-corrected chi connectivity index (χ2v) is 9.02. The Hall–Kier alpha value is -2.38. The van der Waals surface area contributed by atoms with Crippen molar-refractivity contribution in [2.24, 2.45) is 0 Å². The normalized spacial score (nSPS) is 15.7. The van der Waals surface area contributed by atoms with E-state index in [2.05, 4.69) is 116 Å². The van der Waals surface area contributed by atoms with Gasteiger partial charge in [-0.1, -0.05) is 0 Å². The Bertz CT molecular complexity index is 1020. The average molecular weight is 451 g/mol. The molecule has 2 aliphatic rings. The van der Waals surface area contributed by atoms with Crippen LogP contribution in [0.3, 0.4) is 0 Å². The van der Waals surface area contributed by atoms with Crippen molar-refractivity contribution in [1.82, 2.24) is 0 Å². The van der Waals surface area contributed by atoms with E-state index in [1.807, 2.05) is 0 Å². The summed E-state index contributed by atoms with van der Waals surface area (Å²) in [5.41, 5.74) is 6.42. The molecule has 1 heterocycles. The minimum Gasteiger partial charge on any atom is -1.00 e. The third-order valence-electron chi connectivity index (χ3n) is 4.63. The number of hydrogen-bond donors (Lipinski definition) is 0. The Morgan fingerprint density at radius 1 is 0.679 bits per heavy atom. The molecule has 0 saturated heterocycles. The molecular weight excluding hydrogens is 429 g/mol. The summed E-state index contributed by atoms with van der Waals surface area (Å²) in [7, 11) is 4.16. The SMILES string of the molecule is C[N+](C)=C1C=CC(=C2C=C(c3ccccc3)C=C(c3ccccc3)[Se]2)C=C1.[Cl-]. The van der Waals surface area contributed by atoms with Gasteiger partial charge in [0.2, 0.25) is 0 Å². The van der Waals surface area contributed by atoms with Crippen LogP contribution in [0.5, 0.6) is 0 Å². The predicted octanol–water partition coefficient (Wildman–Crippen LogP) is 1.93. The first-order valence-corrected chi connectivity index (χ1v) is 10.8. The molecule has 0 unspecified atom stereocenters. The van der Waals surface area contributed by atoms with Crippen molar-refractivity contribution in [2.45, 2.75) is 0 Å². The van der Waals surface area contributed by atoms with Crippen LogP contribution in [0.25, 0.3) is 10.0 Å². The summed E-state index contributed by atoms with van der Waals surface area (Å²) in [6, 6.07) is 21.4. The third-order valence-corrected chi connectivity index (χ3v) is 7.03. The van der Waals surface area contributed by atoms with Gasteiger partial charge in [-0.2, -0.15) is 0 Å². The number of nitrogens with zero attached hydrogens (tertiary/aromatic N) is 1. The fraction of sp³-hybridized carbons (Fsp3) is 0.0800. The van der Waals surface area contributed by atoms with Crippen LogP contribution in [0.1, 0.15) is 11.1 Å². The molecule has 1 aliphatic heterocycles. The largest absolute Gasteiger partial charge is 1.00 e. The molecular formula is C25H22ClNSe. The van der Waals surface area contributed by atoms with Crippen LogP contribution >= 0.6 is 0 Å². The molecule has 4 rings (SSSR count). The van der Waals surface area contributed by atoms with Crippen LogP contribution in [-0.2, 0) is 0 Å². The molecule has 3 heteroatoms. The van der Waals surface area contributed by atoms with Crippen molar-refractivity contribution < 1.29 is 17.0 Å². The van der Waals surface area contributed by atoms with Gasteiger partial charge in [-0.05, 0) is 0 Å². The Labute approximate surface area is 179 Å². The summed E-state index contributed by atoms with van der Waals surface area (Å²) < 4.78 is 4.99. The molecule has 0 atom stereocenters. The van der Waals surface area contributed by atoms with Gasteiger partial charge in [0, 0.05) is 0 Å². The summed E-state index contributed by atoms with van der Waals surface area (Å²) in [5.74, 6) is 0. The molecule has 1 aliphatic carbocycles. The van der Waals surface area contributed by atoms with Gasteiger partial charge >= 0.3 is 168 Å². The van der Waals surface area contributed by atoms with E-state index in [9.17, 15) is 0 Å². The molecule has 0 radical (unpaired) electrons. The van der Waals surface area contributed by atoms with Crippen LogP contribution in [0.4, 0.5) is 0 Å². The number of allylic oxidation sites excluding steroid dienone is 9. The maximum atomic E-state index is 2.37. The molecule has 2 aromatic rings. The Kier molecular flexibility index (Phi) is 6.69. The maximum Gasteiger partial charge on any atom is -1.00 e. The fourth-order valence-electron chi connectivity index (χ4n) is 3.11. The number of rotatable bonds is 2. The van der Waals surface area contributed by atoms with E-state index < -0.39 is 0 Å². The minimum absolute atomic E-state index is 0. The van der Waals surface area contributed by atoms with Crippen LogP contribution in [-0.4, -0.2) is 39.3 Å². The topological polar surface area (TPSA) is 3.01 Å². The molecule has 0 amide bonds.